The maximum absolute atomic E-state index is 5.70. The van der Waals surface area contributed by atoms with Crippen molar-refractivity contribution in [2.45, 2.75) is 4.43 Å². The van der Waals surface area contributed by atoms with Crippen molar-refractivity contribution in [3.05, 3.63) is 29.8 Å². The first kappa shape index (κ1) is 7.72. The van der Waals surface area contributed by atoms with Crippen LogP contribution in [0.5, 0.6) is 0 Å². The molecule has 10 heavy (non-hydrogen) atoms. The number of hydrogen-bond acceptors (Lipinski definition) is 1. The summed E-state index contributed by atoms with van der Waals surface area (Å²) in [5, 5.41) is 0. The molecular weight excluding hydrogens is 237 g/mol. The summed E-state index contributed by atoms with van der Waals surface area (Å²) in [7, 11) is 0. The van der Waals surface area contributed by atoms with Gasteiger partial charge in [-0.3, -0.25) is 0 Å². The monoisotopic (exact) mass is 247 g/mol. The van der Waals surface area contributed by atoms with Gasteiger partial charge in [-0.05, 0) is 11.6 Å². The van der Waals surface area contributed by atoms with Crippen molar-refractivity contribution < 1.29 is 0 Å². The van der Waals surface area contributed by atoms with Gasteiger partial charge in [-0.25, -0.2) is 0 Å². The molecule has 0 bridgehead atoms. The molecule has 0 spiro atoms. The van der Waals surface area contributed by atoms with E-state index in [-0.39, 0.29) is 20.7 Å². The third kappa shape index (κ3) is 1.80. The Bertz CT molecular complexity index is 232. The minimum atomic E-state index is 0.0820. The van der Waals surface area contributed by atoms with Gasteiger partial charge in [0, 0.05) is 10.1 Å². The maximum Gasteiger partial charge on any atom is 0.0354 e. The summed E-state index contributed by atoms with van der Waals surface area (Å²) in [6.07, 6.45) is 0. The van der Waals surface area contributed by atoms with Crippen LogP contribution in [0.1, 0.15) is 5.56 Å². The summed E-state index contributed by atoms with van der Waals surface area (Å²) in [5.74, 6) is 0. The van der Waals surface area contributed by atoms with Crippen molar-refractivity contribution in [2.24, 2.45) is 0 Å². The van der Waals surface area contributed by atoms with Crippen LogP contribution in [0.2, 0.25) is 0 Å². The van der Waals surface area contributed by atoms with Gasteiger partial charge in [-0.1, -0.05) is 22.7 Å². The van der Waals surface area contributed by atoms with Crippen molar-refractivity contribution in [1.82, 2.24) is 0 Å². The lowest BCUT2D eigenvalue weighted by atomic mass is 10.2. The average Bonchev–Trinajstić information content (AvgIpc) is 1.94. The number of benzene rings is 1. The molecule has 1 nitrogen and oxygen atoms in total. The van der Waals surface area contributed by atoms with E-state index >= 15 is 0 Å². The van der Waals surface area contributed by atoms with Crippen molar-refractivity contribution in [3.8, 4) is 0 Å². The third-order valence-corrected chi connectivity index (χ3v) is 2.65. The number of para-hydroxylation sites is 1. The second-order valence-electron chi connectivity index (χ2n) is 2.02. The molecule has 2 N–H and O–H groups in total. The highest BCUT2D eigenvalue weighted by Gasteiger charge is 1.92. The van der Waals surface area contributed by atoms with Gasteiger partial charge in [-0.2, -0.15) is 0 Å². The fourth-order valence-electron chi connectivity index (χ4n) is 0.758. The second-order valence-corrected chi connectivity index (χ2v) is 3.86. The first-order valence-electron chi connectivity index (χ1n) is 3.00. The largest absolute Gasteiger partial charge is 0.398 e. The number of alkyl halides is 1. The Morgan fingerprint density at radius 2 is 2.10 bits per heavy atom. The van der Waals surface area contributed by atoms with Gasteiger partial charge in [0.05, 0.1) is 0 Å². The minimum Gasteiger partial charge on any atom is -0.398 e. The van der Waals surface area contributed by atoms with E-state index in [1.54, 1.807) is 0 Å². The standard InChI is InChI=1S/C8H10IN/c1-9-6-7-4-2-3-5-8(7)10/h2-5H,1,6,10H2. The summed E-state index contributed by atoms with van der Waals surface area (Å²) in [6.45, 7) is 0. The lowest BCUT2D eigenvalue weighted by Gasteiger charge is -1.98. The Morgan fingerprint density at radius 3 is 2.70 bits per heavy atom. The molecule has 0 atom stereocenters. The van der Waals surface area contributed by atoms with Crippen LogP contribution < -0.4 is 5.73 Å². The Morgan fingerprint density at radius 1 is 1.40 bits per heavy atom. The molecule has 0 aliphatic heterocycles. The predicted molar refractivity (Wildman–Crippen MR) is 55.7 cm³/mol. The van der Waals surface area contributed by atoms with Gasteiger partial charge in [0.1, 0.15) is 0 Å². The van der Waals surface area contributed by atoms with Crippen LogP contribution in [0.3, 0.4) is 0 Å². The molecule has 0 saturated carbocycles. The molecule has 0 aliphatic carbocycles. The topological polar surface area (TPSA) is 26.0 Å². The summed E-state index contributed by atoms with van der Waals surface area (Å²) >= 11 is 0.0820. The van der Waals surface area contributed by atoms with E-state index in [0.717, 1.165) is 10.1 Å². The quantitative estimate of drug-likeness (QED) is 0.483. The van der Waals surface area contributed by atoms with Crippen LogP contribution in [0, 0.1) is 0 Å². The third-order valence-electron chi connectivity index (χ3n) is 1.29. The lowest BCUT2D eigenvalue weighted by Crippen LogP contribution is -1.89. The molecule has 0 aliphatic rings. The SMILES string of the molecule is C=ICc1ccccc1N. The first-order chi connectivity index (χ1) is 4.84. The van der Waals surface area contributed by atoms with E-state index in [2.05, 4.69) is 10.6 Å². The van der Waals surface area contributed by atoms with Crippen molar-refractivity contribution in [3.63, 3.8) is 0 Å². The van der Waals surface area contributed by atoms with Gasteiger partial charge in [0.2, 0.25) is 0 Å². The number of hydrogen-bond donors (Lipinski definition) is 1. The van der Waals surface area contributed by atoms with Crippen LogP contribution in [0.4, 0.5) is 5.69 Å². The molecule has 0 unspecified atom stereocenters. The molecule has 0 amide bonds. The normalized spacial score (nSPS) is 9.60. The Hall–Kier alpha value is -0.380. The molecule has 0 radical (unpaired) electrons. The molecule has 54 valence electrons. The summed E-state index contributed by atoms with van der Waals surface area (Å²) in [5.41, 5.74) is 7.86. The van der Waals surface area contributed by atoms with Gasteiger partial charge in [-0.15, -0.1) is 20.7 Å². The highest BCUT2D eigenvalue weighted by molar-refractivity contribution is 14.2. The van der Waals surface area contributed by atoms with Crippen molar-refractivity contribution in [1.29, 1.82) is 0 Å². The molecule has 0 saturated heterocycles. The highest BCUT2D eigenvalue weighted by atomic mass is 127. The highest BCUT2D eigenvalue weighted by Crippen LogP contribution is 2.15. The van der Waals surface area contributed by atoms with Crippen LogP contribution in [0.15, 0.2) is 24.3 Å². The number of nitrogen functional groups attached to an aromatic ring is 1. The Kier molecular flexibility index (Phi) is 2.86. The Labute approximate surface area is 71.0 Å². The molecule has 1 aromatic carbocycles. The maximum atomic E-state index is 5.70. The number of nitrogens with two attached hydrogens (primary N) is 1. The van der Waals surface area contributed by atoms with Crippen molar-refractivity contribution in [2.75, 3.05) is 5.73 Å². The van der Waals surface area contributed by atoms with Gasteiger partial charge < -0.3 is 5.73 Å². The second kappa shape index (κ2) is 3.71. The number of rotatable bonds is 2. The average molecular weight is 247 g/mol. The Balaban J connectivity index is 2.91. The van der Waals surface area contributed by atoms with Crippen molar-refractivity contribution >= 4 is 30.9 Å². The van der Waals surface area contributed by atoms with Crippen LogP contribution in [-0.4, -0.2) is 4.51 Å². The first-order valence-corrected chi connectivity index (χ1v) is 6.06. The van der Waals surface area contributed by atoms with Crippen LogP contribution >= 0.6 is 20.7 Å². The van der Waals surface area contributed by atoms with E-state index in [1.165, 1.54) is 5.56 Å². The fourth-order valence-corrected chi connectivity index (χ4v) is 2.03. The summed E-state index contributed by atoms with van der Waals surface area (Å²) in [4.78, 5) is 0. The summed E-state index contributed by atoms with van der Waals surface area (Å²) < 4.78 is 4.97. The molecule has 1 aromatic rings. The zero-order valence-electron chi connectivity index (χ0n) is 5.68. The molecule has 0 fully saturated rings. The molecule has 0 aromatic heterocycles. The zero-order chi connectivity index (χ0) is 7.40. The van der Waals surface area contributed by atoms with E-state index in [0.29, 0.717) is 0 Å². The van der Waals surface area contributed by atoms with E-state index < -0.39 is 0 Å². The number of anilines is 1. The summed E-state index contributed by atoms with van der Waals surface area (Å²) in [6, 6.07) is 7.99. The molecule has 1 rings (SSSR count). The van der Waals surface area contributed by atoms with Crippen LogP contribution in [0.25, 0.3) is 0 Å². The minimum absolute atomic E-state index is 0.0820. The van der Waals surface area contributed by atoms with Crippen LogP contribution in [-0.2, 0) is 4.43 Å². The fraction of sp³-hybridized carbons (Fsp3) is 0.125. The molecule has 2 heteroatoms. The lowest BCUT2D eigenvalue weighted by molar-refractivity contribution is 1.46. The van der Waals surface area contributed by atoms with Gasteiger partial charge in [0.25, 0.3) is 0 Å². The number of halogens is 1. The van der Waals surface area contributed by atoms with Gasteiger partial charge in [0.15, 0.2) is 0 Å². The molecule has 0 heterocycles. The zero-order valence-corrected chi connectivity index (χ0v) is 7.84. The van der Waals surface area contributed by atoms with E-state index in [1.807, 2.05) is 18.2 Å². The van der Waals surface area contributed by atoms with Gasteiger partial charge >= 0.3 is 0 Å². The van der Waals surface area contributed by atoms with E-state index in [9.17, 15) is 0 Å². The molecular formula is C8H10IN. The van der Waals surface area contributed by atoms with E-state index in [4.69, 9.17) is 5.73 Å². The predicted octanol–water partition coefficient (Wildman–Crippen LogP) is 2.17. The smallest absolute Gasteiger partial charge is 0.0354 e.